The summed E-state index contributed by atoms with van der Waals surface area (Å²) in [6.07, 6.45) is -0.154. The number of carbonyl (C=O) groups excluding carboxylic acids is 1. The zero-order chi connectivity index (χ0) is 15.6. The molecule has 0 bridgehead atoms. The third-order valence-electron chi connectivity index (χ3n) is 3.44. The molecule has 21 heavy (non-hydrogen) atoms. The topological polar surface area (TPSA) is 89.3 Å². The molecule has 1 aromatic heterocycles. The fraction of sp³-hybridized carbons (Fsp3) is 0.786. The number of morpholine rings is 1. The van der Waals surface area contributed by atoms with Crippen molar-refractivity contribution in [3.8, 4) is 0 Å². The van der Waals surface area contributed by atoms with Crippen molar-refractivity contribution in [2.45, 2.75) is 58.2 Å². The smallest absolute Gasteiger partial charge is 0.248 e. The number of nitrogens with zero attached hydrogens (tertiary/aromatic N) is 2. The van der Waals surface area contributed by atoms with Gasteiger partial charge in [0.05, 0.1) is 12.7 Å². The van der Waals surface area contributed by atoms with Crippen LogP contribution in [-0.2, 0) is 14.9 Å². The van der Waals surface area contributed by atoms with Crippen molar-refractivity contribution < 1.29 is 14.1 Å². The molecule has 1 aliphatic rings. The van der Waals surface area contributed by atoms with Crippen LogP contribution in [0.3, 0.4) is 0 Å². The number of hydrogen-bond donors (Lipinski definition) is 2. The van der Waals surface area contributed by atoms with Gasteiger partial charge in [-0.2, -0.15) is 4.98 Å². The predicted octanol–water partition coefficient (Wildman–Crippen LogP) is 0.921. The Morgan fingerprint density at radius 3 is 2.76 bits per heavy atom. The van der Waals surface area contributed by atoms with Gasteiger partial charge >= 0.3 is 0 Å². The van der Waals surface area contributed by atoms with Crippen molar-refractivity contribution in [2.24, 2.45) is 0 Å². The van der Waals surface area contributed by atoms with E-state index in [9.17, 15) is 4.79 Å². The van der Waals surface area contributed by atoms with Crippen LogP contribution < -0.4 is 10.6 Å². The van der Waals surface area contributed by atoms with Crippen LogP contribution in [0.25, 0.3) is 0 Å². The Kier molecular flexibility index (Phi) is 4.63. The van der Waals surface area contributed by atoms with Crippen LogP contribution in [0.5, 0.6) is 0 Å². The molecule has 1 unspecified atom stereocenters. The maximum atomic E-state index is 12.3. The summed E-state index contributed by atoms with van der Waals surface area (Å²) in [5.74, 6) is 0.925. The molecule has 0 radical (unpaired) electrons. The van der Waals surface area contributed by atoms with Crippen LogP contribution in [-0.4, -0.2) is 41.3 Å². The Bertz CT molecular complexity index is 495. The number of nitrogens with one attached hydrogen (secondary N) is 2. The van der Waals surface area contributed by atoms with Gasteiger partial charge in [-0.1, -0.05) is 25.9 Å². The minimum absolute atomic E-state index is 0.120. The first kappa shape index (κ1) is 15.9. The molecule has 0 aromatic carbocycles. The monoisotopic (exact) mass is 296 g/mol. The molecule has 118 valence electrons. The van der Waals surface area contributed by atoms with E-state index in [-0.39, 0.29) is 29.5 Å². The first-order valence-corrected chi connectivity index (χ1v) is 7.28. The fourth-order valence-electron chi connectivity index (χ4n) is 2.11. The van der Waals surface area contributed by atoms with Gasteiger partial charge in [-0.05, 0) is 13.8 Å². The lowest BCUT2D eigenvalue weighted by Gasteiger charge is -2.29. The van der Waals surface area contributed by atoms with Crippen LogP contribution >= 0.6 is 0 Å². The van der Waals surface area contributed by atoms with Crippen LogP contribution in [0.1, 0.15) is 52.4 Å². The van der Waals surface area contributed by atoms with E-state index in [1.807, 2.05) is 34.6 Å². The summed E-state index contributed by atoms with van der Waals surface area (Å²) < 4.78 is 10.7. The SMILES string of the molecule is CC(NC(=O)[C@H]1NCCO[C@@H]1C)c1nc(C(C)(C)C)no1. The van der Waals surface area contributed by atoms with Gasteiger partial charge in [0.15, 0.2) is 5.82 Å². The normalized spacial score (nSPS) is 24.6. The Hall–Kier alpha value is -1.47. The minimum Gasteiger partial charge on any atom is -0.375 e. The number of aromatic nitrogens is 2. The second kappa shape index (κ2) is 6.11. The van der Waals surface area contributed by atoms with Crippen molar-refractivity contribution in [3.05, 3.63) is 11.7 Å². The second-order valence-corrected chi connectivity index (χ2v) is 6.44. The molecule has 7 nitrogen and oxygen atoms in total. The molecule has 7 heteroatoms. The first-order valence-electron chi connectivity index (χ1n) is 7.28. The highest BCUT2D eigenvalue weighted by Crippen LogP contribution is 2.20. The standard InChI is InChI=1S/C14H24N4O3/c1-8(12-17-13(18-21-12)14(3,4)5)16-11(19)10-9(2)20-7-6-15-10/h8-10,15H,6-7H2,1-5H3,(H,16,19)/t8?,9-,10+/m1/s1. The van der Waals surface area contributed by atoms with Crippen molar-refractivity contribution in [1.82, 2.24) is 20.8 Å². The average molecular weight is 296 g/mol. The number of rotatable bonds is 3. The highest BCUT2D eigenvalue weighted by atomic mass is 16.5. The molecule has 2 rings (SSSR count). The maximum absolute atomic E-state index is 12.3. The van der Waals surface area contributed by atoms with Crippen LogP contribution in [0.15, 0.2) is 4.52 Å². The average Bonchev–Trinajstić information content (AvgIpc) is 2.88. The number of amides is 1. The second-order valence-electron chi connectivity index (χ2n) is 6.44. The zero-order valence-electron chi connectivity index (χ0n) is 13.3. The van der Waals surface area contributed by atoms with Gasteiger partial charge in [0.1, 0.15) is 12.1 Å². The molecule has 2 heterocycles. The quantitative estimate of drug-likeness (QED) is 0.862. The van der Waals surface area contributed by atoms with Crippen molar-refractivity contribution >= 4 is 5.91 Å². The molecule has 1 saturated heterocycles. The molecular formula is C14H24N4O3. The third-order valence-corrected chi connectivity index (χ3v) is 3.44. The third kappa shape index (κ3) is 3.79. The molecule has 0 spiro atoms. The minimum atomic E-state index is -0.355. The highest BCUT2D eigenvalue weighted by Gasteiger charge is 2.30. The molecule has 1 fully saturated rings. The number of carbonyl (C=O) groups is 1. The predicted molar refractivity (Wildman–Crippen MR) is 76.8 cm³/mol. The Balaban J connectivity index is 1.99. The molecule has 1 amide bonds. The molecule has 1 aromatic rings. The van der Waals surface area contributed by atoms with E-state index in [0.717, 1.165) is 0 Å². The van der Waals surface area contributed by atoms with E-state index in [1.165, 1.54) is 0 Å². The van der Waals surface area contributed by atoms with E-state index in [2.05, 4.69) is 20.8 Å². The molecule has 0 saturated carbocycles. The van der Waals surface area contributed by atoms with Gasteiger partial charge in [0.2, 0.25) is 11.8 Å². The van der Waals surface area contributed by atoms with Gasteiger partial charge in [-0.25, -0.2) is 0 Å². The van der Waals surface area contributed by atoms with E-state index < -0.39 is 0 Å². The van der Waals surface area contributed by atoms with E-state index in [0.29, 0.717) is 24.9 Å². The van der Waals surface area contributed by atoms with Crippen molar-refractivity contribution in [3.63, 3.8) is 0 Å². The lowest BCUT2D eigenvalue weighted by Crippen LogP contribution is -2.55. The molecule has 3 atom stereocenters. The first-order chi connectivity index (χ1) is 9.79. The van der Waals surface area contributed by atoms with Gasteiger partial charge < -0.3 is 19.9 Å². The van der Waals surface area contributed by atoms with Gasteiger partial charge in [0, 0.05) is 12.0 Å². The van der Waals surface area contributed by atoms with E-state index in [4.69, 9.17) is 9.26 Å². The largest absolute Gasteiger partial charge is 0.375 e. The van der Waals surface area contributed by atoms with Crippen LogP contribution in [0, 0.1) is 0 Å². The number of ether oxygens (including phenoxy) is 1. The summed E-state index contributed by atoms with van der Waals surface area (Å²) in [7, 11) is 0. The molecule has 1 aliphatic heterocycles. The lowest BCUT2D eigenvalue weighted by molar-refractivity contribution is -0.129. The summed E-state index contributed by atoms with van der Waals surface area (Å²) in [6, 6.07) is -0.691. The number of hydrogen-bond acceptors (Lipinski definition) is 6. The lowest BCUT2D eigenvalue weighted by atomic mass is 9.96. The summed E-state index contributed by atoms with van der Waals surface area (Å²) >= 11 is 0. The Labute approximate surface area is 124 Å². The fourth-order valence-corrected chi connectivity index (χ4v) is 2.11. The highest BCUT2D eigenvalue weighted by molar-refractivity contribution is 5.82. The van der Waals surface area contributed by atoms with E-state index in [1.54, 1.807) is 0 Å². The van der Waals surface area contributed by atoms with Crippen LogP contribution in [0.4, 0.5) is 0 Å². The van der Waals surface area contributed by atoms with Crippen molar-refractivity contribution in [2.75, 3.05) is 13.2 Å². The summed E-state index contributed by atoms with van der Waals surface area (Å²) in [6.45, 7) is 11.0. The summed E-state index contributed by atoms with van der Waals surface area (Å²) in [5, 5.41) is 10.0. The zero-order valence-corrected chi connectivity index (χ0v) is 13.3. The molecular weight excluding hydrogens is 272 g/mol. The summed E-state index contributed by atoms with van der Waals surface area (Å²) in [4.78, 5) is 16.6. The van der Waals surface area contributed by atoms with Gasteiger partial charge in [0.25, 0.3) is 0 Å². The van der Waals surface area contributed by atoms with Gasteiger partial charge in [-0.3, -0.25) is 4.79 Å². The Morgan fingerprint density at radius 2 is 2.19 bits per heavy atom. The maximum Gasteiger partial charge on any atom is 0.248 e. The van der Waals surface area contributed by atoms with Crippen molar-refractivity contribution in [1.29, 1.82) is 0 Å². The molecule has 0 aliphatic carbocycles. The van der Waals surface area contributed by atoms with E-state index >= 15 is 0 Å². The molecule has 2 N–H and O–H groups in total. The summed E-state index contributed by atoms with van der Waals surface area (Å²) in [5.41, 5.74) is -0.182. The van der Waals surface area contributed by atoms with Gasteiger partial charge in [-0.15, -0.1) is 0 Å². The Morgan fingerprint density at radius 1 is 1.48 bits per heavy atom. The van der Waals surface area contributed by atoms with Crippen LogP contribution in [0.2, 0.25) is 0 Å².